The van der Waals surface area contributed by atoms with E-state index in [4.69, 9.17) is 4.74 Å². The van der Waals surface area contributed by atoms with Crippen molar-refractivity contribution in [1.82, 2.24) is 0 Å². The molecule has 0 aliphatic carbocycles. The molecule has 0 aromatic heterocycles. The van der Waals surface area contributed by atoms with Crippen LogP contribution in [-0.2, 0) is 19.1 Å². The Hall–Kier alpha value is -1.06. The monoisotopic (exact) mass is 160 g/mol. The summed E-state index contributed by atoms with van der Waals surface area (Å²) >= 11 is 0. The van der Waals surface area contributed by atoms with Gasteiger partial charge in [-0.25, -0.2) is 0 Å². The predicted molar refractivity (Wildman–Crippen MR) is 37.9 cm³/mol. The molecule has 0 bridgehead atoms. The largest absolute Gasteiger partial charge is 0.464 e. The smallest absolute Gasteiger partial charge is 0.293 e. The lowest BCUT2D eigenvalue weighted by Crippen LogP contribution is -2.33. The summed E-state index contributed by atoms with van der Waals surface area (Å²) in [4.78, 5) is 19.8. The van der Waals surface area contributed by atoms with Gasteiger partial charge in [0, 0.05) is 0 Å². The van der Waals surface area contributed by atoms with E-state index in [1.807, 2.05) is 6.92 Å². The summed E-state index contributed by atoms with van der Waals surface area (Å²) in [5.41, 5.74) is -0.678. The third-order valence-corrected chi connectivity index (χ3v) is 1.54. The molecule has 0 aliphatic rings. The molecule has 0 fully saturated rings. The molecule has 0 aliphatic heterocycles. The highest BCUT2D eigenvalue weighted by atomic mass is 16.6. The van der Waals surface area contributed by atoms with Gasteiger partial charge in [-0.05, 0) is 13.3 Å². The molecule has 0 saturated carbocycles. The first-order valence-electron chi connectivity index (χ1n) is 3.35. The Morgan fingerprint density at radius 3 is 2.36 bits per heavy atom. The topological polar surface area (TPSA) is 52.6 Å². The highest BCUT2D eigenvalue weighted by Crippen LogP contribution is 2.13. The van der Waals surface area contributed by atoms with E-state index in [1.54, 1.807) is 6.92 Å². The summed E-state index contributed by atoms with van der Waals surface area (Å²) < 4.78 is 9.19. The van der Waals surface area contributed by atoms with Crippen molar-refractivity contribution < 1.29 is 19.1 Å². The minimum Gasteiger partial charge on any atom is -0.464 e. The first-order valence-corrected chi connectivity index (χ1v) is 3.35. The number of carbonyl (C=O) groups is 2. The van der Waals surface area contributed by atoms with Crippen molar-refractivity contribution in [2.45, 2.75) is 25.9 Å². The third kappa shape index (κ3) is 3.60. The average Bonchev–Trinajstić information content (AvgIpc) is 2.02. The van der Waals surface area contributed by atoms with Crippen LogP contribution in [0, 0.1) is 0 Å². The number of ether oxygens (including phenoxy) is 2. The molecule has 0 saturated heterocycles. The van der Waals surface area contributed by atoms with E-state index in [0.29, 0.717) is 19.4 Å². The predicted octanol–water partition coefficient (Wildman–Crippen LogP) is 0.501. The van der Waals surface area contributed by atoms with Gasteiger partial charge in [-0.2, -0.15) is 0 Å². The summed E-state index contributed by atoms with van der Waals surface area (Å²) in [6.07, 6.45) is 0.611. The van der Waals surface area contributed by atoms with Crippen molar-refractivity contribution >= 4 is 12.9 Å². The second kappa shape index (κ2) is 4.71. The van der Waals surface area contributed by atoms with E-state index in [-0.39, 0.29) is 6.61 Å². The van der Waals surface area contributed by atoms with Gasteiger partial charge in [-0.15, -0.1) is 0 Å². The Labute approximate surface area is 65.5 Å². The molecule has 0 radical (unpaired) electrons. The average molecular weight is 160 g/mol. The maximum Gasteiger partial charge on any atom is 0.293 e. The van der Waals surface area contributed by atoms with Gasteiger partial charge in [0.2, 0.25) is 0 Å². The van der Waals surface area contributed by atoms with Gasteiger partial charge in [0.25, 0.3) is 12.9 Å². The van der Waals surface area contributed by atoms with E-state index in [9.17, 15) is 9.59 Å². The maximum atomic E-state index is 9.98. The number of hydrogen-bond acceptors (Lipinski definition) is 4. The zero-order valence-electron chi connectivity index (χ0n) is 6.70. The molecule has 4 nitrogen and oxygen atoms in total. The van der Waals surface area contributed by atoms with E-state index in [0.717, 1.165) is 0 Å². The maximum absolute atomic E-state index is 9.98. The number of carbonyl (C=O) groups excluding carboxylic acids is 2. The van der Waals surface area contributed by atoms with Gasteiger partial charge in [0.15, 0.2) is 0 Å². The van der Waals surface area contributed by atoms with Crippen LogP contribution >= 0.6 is 0 Å². The van der Waals surface area contributed by atoms with E-state index >= 15 is 0 Å². The minimum atomic E-state index is -0.678. The fourth-order valence-corrected chi connectivity index (χ4v) is 0.546. The number of rotatable bonds is 6. The van der Waals surface area contributed by atoms with Crippen LogP contribution in [0.4, 0.5) is 0 Å². The van der Waals surface area contributed by atoms with E-state index < -0.39 is 5.60 Å². The lowest BCUT2D eigenvalue weighted by molar-refractivity contribution is -0.153. The number of hydrogen-bond donors (Lipinski definition) is 0. The Kier molecular flexibility index (Phi) is 4.26. The van der Waals surface area contributed by atoms with Crippen LogP contribution in [0.3, 0.4) is 0 Å². The van der Waals surface area contributed by atoms with Crippen LogP contribution in [0.2, 0.25) is 0 Å². The third-order valence-electron chi connectivity index (χ3n) is 1.54. The molecule has 4 heteroatoms. The zero-order chi connectivity index (χ0) is 8.74. The van der Waals surface area contributed by atoms with Crippen molar-refractivity contribution in [1.29, 1.82) is 0 Å². The van der Waals surface area contributed by atoms with Crippen molar-refractivity contribution in [3.63, 3.8) is 0 Å². The molecular weight excluding hydrogens is 148 g/mol. The Morgan fingerprint density at radius 1 is 1.36 bits per heavy atom. The second-order valence-electron chi connectivity index (χ2n) is 2.42. The fourth-order valence-electron chi connectivity index (χ4n) is 0.546. The molecule has 0 rings (SSSR count). The van der Waals surface area contributed by atoms with Gasteiger partial charge < -0.3 is 9.47 Å². The van der Waals surface area contributed by atoms with E-state index in [2.05, 4.69) is 4.74 Å². The van der Waals surface area contributed by atoms with Crippen molar-refractivity contribution in [2.75, 3.05) is 6.61 Å². The standard InChI is InChI=1S/C7H12O4/c1-3-7(2,11-6-9)4-10-5-8/h5-6H,3-4H2,1-2H3. The van der Waals surface area contributed by atoms with Crippen LogP contribution < -0.4 is 0 Å². The highest BCUT2D eigenvalue weighted by molar-refractivity contribution is 5.39. The lowest BCUT2D eigenvalue weighted by atomic mass is 10.1. The molecule has 0 N–H and O–H groups in total. The van der Waals surface area contributed by atoms with Crippen molar-refractivity contribution in [2.24, 2.45) is 0 Å². The normalized spacial score (nSPS) is 14.7. The molecule has 0 amide bonds. The SMILES string of the molecule is CCC(C)(COC=O)OC=O. The lowest BCUT2D eigenvalue weighted by Gasteiger charge is -2.24. The van der Waals surface area contributed by atoms with Crippen molar-refractivity contribution in [3.8, 4) is 0 Å². The quantitative estimate of drug-likeness (QED) is 0.531. The summed E-state index contributed by atoms with van der Waals surface area (Å²) in [6.45, 7) is 4.34. The van der Waals surface area contributed by atoms with Crippen LogP contribution in [0.1, 0.15) is 20.3 Å². The summed E-state index contributed by atoms with van der Waals surface area (Å²) in [7, 11) is 0. The van der Waals surface area contributed by atoms with Crippen LogP contribution in [0.5, 0.6) is 0 Å². The van der Waals surface area contributed by atoms with Crippen LogP contribution in [0.15, 0.2) is 0 Å². The van der Waals surface area contributed by atoms with Gasteiger partial charge >= 0.3 is 0 Å². The fraction of sp³-hybridized carbons (Fsp3) is 0.714. The summed E-state index contributed by atoms with van der Waals surface area (Å²) in [6, 6.07) is 0. The molecule has 0 aromatic carbocycles. The van der Waals surface area contributed by atoms with Crippen LogP contribution in [0.25, 0.3) is 0 Å². The van der Waals surface area contributed by atoms with Crippen LogP contribution in [-0.4, -0.2) is 25.2 Å². The van der Waals surface area contributed by atoms with Crippen molar-refractivity contribution in [3.05, 3.63) is 0 Å². The Balaban J connectivity index is 3.86. The Bertz CT molecular complexity index is 134. The molecule has 0 aromatic rings. The summed E-state index contributed by atoms with van der Waals surface area (Å²) in [5.74, 6) is 0. The van der Waals surface area contributed by atoms with Gasteiger partial charge in [-0.3, -0.25) is 9.59 Å². The molecule has 11 heavy (non-hydrogen) atoms. The Morgan fingerprint density at radius 2 is 2.00 bits per heavy atom. The highest BCUT2D eigenvalue weighted by Gasteiger charge is 2.23. The molecule has 0 spiro atoms. The zero-order valence-corrected chi connectivity index (χ0v) is 6.70. The second-order valence-corrected chi connectivity index (χ2v) is 2.42. The minimum absolute atomic E-state index is 0.103. The van der Waals surface area contributed by atoms with Gasteiger partial charge in [0.05, 0.1) is 0 Å². The molecule has 64 valence electrons. The summed E-state index contributed by atoms with van der Waals surface area (Å²) in [5, 5.41) is 0. The first-order chi connectivity index (χ1) is 5.18. The van der Waals surface area contributed by atoms with Gasteiger partial charge in [0.1, 0.15) is 12.2 Å². The molecular formula is C7H12O4. The van der Waals surface area contributed by atoms with E-state index in [1.165, 1.54) is 0 Å². The molecule has 0 heterocycles. The molecule has 1 unspecified atom stereocenters. The molecule has 1 atom stereocenters. The van der Waals surface area contributed by atoms with Gasteiger partial charge in [-0.1, -0.05) is 6.92 Å². The first kappa shape index (κ1) is 9.94.